The van der Waals surface area contributed by atoms with Gasteiger partial charge < -0.3 is 5.11 Å². The van der Waals surface area contributed by atoms with Crippen LogP contribution in [0.3, 0.4) is 0 Å². The normalized spacial score (nSPS) is 10.4. The third-order valence-electron chi connectivity index (χ3n) is 2.77. The summed E-state index contributed by atoms with van der Waals surface area (Å²) in [5.74, 6) is -1.31. The van der Waals surface area contributed by atoms with Crippen molar-refractivity contribution in [1.82, 2.24) is 9.78 Å². The number of aromatic carboxylic acids is 1. The lowest BCUT2D eigenvalue weighted by molar-refractivity contribution is 0.0687. The Morgan fingerprint density at radius 2 is 2.05 bits per heavy atom. The van der Waals surface area contributed by atoms with Crippen LogP contribution < -0.4 is 5.43 Å². The zero-order valence-electron chi connectivity index (χ0n) is 10.5. The van der Waals surface area contributed by atoms with Crippen LogP contribution in [0.1, 0.15) is 29.4 Å². The molecule has 0 aliphatic rings. The first-order chi connectivity index (χ1) is 9.13. The topological polar surface area (TPSA) is 72.2 Å². The molecule has 98 valence electrons. The Kier molecular flexibility index (Phi) is 3.75. The van der Waals surface area contributed by atoms with E-state index in [-0.39, 0.29) is 0 Å². The first-order valence-corrected chi connectivity index (χ1v) is 6.05. The van der Waals surface area contributed by atoms with Gasteiger partial charge in [-0.25, -0.2) is 9.48 Å². The van der Waals surface area contributed by atoms with Crippen molar-refractivity contribution in [3.05, 3.63) is 58.0 Å². The third kappa shape index (κ3) is 2.70. The molecule has 0 spiro atoms. The van der Waals surface area contributed by atoms with E-state index in [0.717, 1.165) is 24.1 Å². The Morgan fingerprint density at radius 1 is 1.32 bits per heavy atom. The average Bonchev–Trinajstić information content (AvgIpc) is 2.40. The molecule has 0 unspecified atom stereocenters. The minimum atomic E-state index is -1.31. The fourth-order valence-electron chi connectivity index (χ4n) is 1.90. The van der Waals surface area contributed by atoms with Gasteiger partial charge in [0.2, 0.25) is 11.1 Å². The molecule has 0 bridgehead atoms. The van der Waals surface area contributed by atoms with E-state index in [1.54, 1.807) is 0 Å². The molecule has 0 aliphatic heterocycles. The number of para-hydroxylation sites is 1. The molecule has 0 amide bonds. The third-order valence-corrected chi connectivity index (χ3v) is 2.77. The predicted molar refractivity (Wildman–Crippen MR) is 70.8 cm³/mol. The van der Waals surface area contributed by atoms with Crippen LogP contribution in [-0.4, -0.2) is 20.9 Å². The number of hydrogen-bond donors (Lipinski definition) is 1. The van der Waals surface area contributed by atoms with Gasteiger partial charge in [0.05, 0.1) is 5.69 Å². The van der Waals surface area contributed by atoms with E-state index in [1.807, 2.05) is 24.3 Å². The van der Waals surface area contributed by atoms with Gasteiger partial charge in [0.1, 0.15) is 0 Å². The number of hydrogen-bond acceptors (Lipinski definition) is 3. The van der Waals surface area contributed by atoms with E-state index in [1.165, 1.54) is 16.9 Å². The number of aryl methyl sites for hydroxylation is 1. The first kappa shape index (κ1) is 13.0. The average molecular weight is 258 g/mol. The van der Waals surface area contributed by atoms with E-state index in [0.29, 0.717) is 0 Å². The van der Waals surface area contributed by atoms with Crippen molar-refractivity contribution in [3.8, 4) is 5.69 Å². The van der Waals surface area contributed by atoms with Crippen molar-refractivity contribution in [1.29, 1.82) is 0 Å². The predicted octanol–water partition coefficient (Wildman–Crippen LogP) is 1.88. The second kappa shape index (κ2) is 5.48. The summed E-state index contributed by atoms with van der Waals surface area (Å²) in [4.78, 5) is 22.3. The molecule has 1 aromatic heterocycles. The number of nitrogens with zero attached hydrogens (tertiary/aromatic N) is 2. The maximum atomic E-state index is 11.4. The molecule has 0 fully saturated rings. The minimum absolute atomic E-state index is 0.464. The van der Waals surface area contributed by atoms with E-state index in [9.17, 15) is 9.59 Å². The summed E-state index contributed by atoms with van der Waals surface area (Å²) in [6.07, 6.45) is 3.33. The minimum Gasteiger partial charge on any atom is -0.476 e. The summed E-state index contributed by atoms with van der Waals surface area (Å²) in [5, 5.41) is 12.8. The second-order valence-corrected chi connectivity index (χ2v) is 4.16. The number of aromatic nitrogens is 2. The molecule has 1 heterocycles. The maximum absolute atomic E-state index is 11.4. The van der Waals surface area contributed by atoms with Crippen LogP contribution in [-0.2, 0) is 6.42 Å². The van der Waals surface area contributed by atoms with Gasteiger partial charge in [0, 0.05) is 12.3 Å². The Morgan fingerprint density at radius 3 is 2.74 bits per heavy atom. The quantitative estimate of drug-likeness (QED) is 0.908. The molecule has 19 heavy (non-hydrogen) atoms. The Hall–Kier alpha value is -2.43. The summed E-state index contributed by atoms with van der Waals surface area (Å²) in [5.41, 5.74) is 0.815. The van der Waals surface area contributed by atoms with Crippen LogP contribution in [0.15, 0.2) is 41.3 Å². The lowest BCUT2D eigenvalue weighted by Crippen LogP contribution is -2.20. The van der Waals surface area contributed by atoms with Crippen molar-refractivity contribution >= 4 is 5.97 Å². The molecule has 0 radical (unpaired) electrons. The van der Waals surface area contributed by atoms with Crippen molar-refractivity contribution in [2.24, 2.45) is 0 Å². The molecule has 0 saturated heterocycles. The number of carboxylic acids is 1. The Balaban J connectivity index is 2.56. The highest BCUT2D eigenvalue weighted by molar-refractivity contribution is 5.84. The smallest absolute Gasteiger partial charge is 0.360 e. The molecule has 0 saturated carbocycles. The maximum Gasteiger partial charge on any atom is 0.360 e. The Labute approximate surface area is 110 Å². The number of carbonyl (C=O) groups is 1. The molecule has 0 atom stereocenters. The van der Waals surface area contributed by atoms with E-state index >= 15 is 0 Å². The van der Waals surface area contributed by atoms with Crippen molar-refractivity contribution in [2.75, 3.05) is 0 Å². The zero-order valence-corrected chi connectivity index (χ0v) is 10.5. The molecule has 5 nitrogen and oxygen atoms in total. The van der Waals surface area contributed by atoms with Crippen LogP contribution in [0.5, 0.6) is 0 Å². The lowest BCUT2D eigenvalue weighted by atomic mass is 10.1. The number of rotatable bonds is 4. The van der Waals surface area contributed by atoms with Crippen LogP contribution in [0.25, 0.3) is 5.69 Å². The lowest BCUT2D eigenvalue weighted by Gasteiger charge is -2.10. The van der Waals surface area contributed by atoms with Crippen LogP contribution in [0.2, 0.25) is 0 Å². The summed E-state index contributed by atoms with van der Waals surface area (Å²) in [6.45, 7) is 2.07. The van der Waals surface area contributed by atoms with Gasteiger partial charge in [0.15, 0.2) is 0 Å². The van der Waals surface area contributed by atoms with E-state index in [4.69, 9.17) is 5.11 Å². The summed E-state index contributed by atoms with van der Waals surface area (Å²) in [6, 6.07) is 8.83. The fraction of sp³-hybridized carbons (Fsp3) is 0.214. The van der Waals surface area contributed by atoms with Gasteiger partial charge in [0.25, 0.3) is 0 Å². The molecule has 2 rings (SSSR count). The van der Waals surface area contributed by atoms with Crippen LogP contribution in [0, 0.1) is 0 Å². The van der Waals surface area contributed by atoms with E-state index < -0.39 is 17.1 Å². The number of benzene rings is 1. The highest BCUT2D eigenvalue weighted by Gasteiger charge is 2.12. The summed E-state index contributed by atoms with van der Waals surface area (Å²) < 4.78 is 1.44. The molecule has 2 aromatic rings. The highest BCUT2D eigenvalue weighted by Crippen LogP contribution is 2.14. The monoisotopic (exact) mass is 258 g/mol. The molecular formula is C14H14N2O3. The first-order valence-electron chi connectivity index (χ1n) is 6.05. The Bertz CT molecular complexity index is 662. The SMILES string of the molecule is CCCc1ccccc1-n1ccc(=O)c(C(=O)O)n1. The second-order valence-electron chi connectivity index (χ2n) is 4.16. The van der Waals surface area contributed by atoms with Crippen molar-refractivity contribution in [3.63, 3.8) is 0 Å². The van der Waals surface area contributed by atoms with Crippen LogP contribution in [0.4, 0.5) is 0 Å². The van der Waals surface area contributed by atoms with Gasteiger partial charge in [-0.3, -0.25) is 4.79 Å². The fourth-order valence-corrected chi connectivity index (χ4v) is 1.90. The standard InChI is InChI=1S/C14H14N2O3/c1-2-5-10-6-3-4-7-11(10)16-9-8-12(17)13(15-16)14(18)19/h3-4,6-9H,2,5H2,1H3,(H,18,19). The highest BCUT2D eigenvalue weighted by atomic mass is 16.4. The number of carboxylic acid groups (broad SMARTS) is 1. The van der Waals surface area contributed by atoms with E-state index in [2.05, 4.69) is 12.0 Å². The van der Waals surface area contributed by atoms with Gasteiger partial charge in [-0.15, -0.1) is 0 Å². The molecular weight excluding hydrogens is 244 g/mol. The van der Waals surface area contributed by atoms with Gasteiger partial charge >= 0.3 is 5.97 Å². The summed E-state index contributed by atoms with van der Waals surface area (Å²) >= 11 is 0. The summed E-state index contributed by atoms with van der Waals surface area (Å²) in [7, 11) is 0. The van der Waals surface area contributed by atoms with Crippen molar-refractivity contribution in [2.45, 2.75) is 19.8 Å². The molecule has 1 aromatic carbocycles. The molecule has 5 heteroatoms. The van der Waals surface area contributed by atoms with Crippen LogP contribution >= 0.6 is 0 Å². The van der Waals surface area contributed by atoms with Crippen molar-refractivity contribution < 1.29 is 9.90 Å². The molecule has 1 N–H and O–H groups in total. The molecule has 0 aliphatic carbocycles. The zero-order chi connectivity index (χ0) is 13.8. The largest absolute Gasteiger partial charge is 0.476 e. The van der Waals surface area contributed by atoms with Gasteiger partial charge in [-0.1, -0.05) is 31.5 Å². The van der Waals surface area contributed by atoms with Gasteiger partial charge in [-0.2, -0.15) is 5.10 Å². The van der Waals surface area contributed by atoms with Gasteiger partial charge in [-0.05, 0) is 18.1 Å².